The van der Waals surface area contributed by atoms with Crippen LogP contribution in [-0.2, 0) is 36.2 Å². The van der Waals surface area contributed by atoms with Gasteiger partial charge in [0.15, 0.2) is 0 Å². The molecule has 32 heavy (non-hydrogen) atoms. The molecule has 1 heterocycles. The Hall–Kier alpha value is -2.23. The Kier molecular flexibility index (Phi) is 9.62. The SMILES string of the molecule is CC(C)(C)OP(=O)(CCC(=O)NCCCc1cn(CC(=O)O)c(=O)[nH]c1=O)OC(C)(C)C. The molecular weight excluding hydrogens is 441 g/mol. The molecule has 1 rings (SSSR count). The molecule has 0 saturated carbocycles. The van der Waals surface area contributed by atoms with Gasteiger partial charge in [-0.2, -0.15) is 0 Å². The van der Waals surface area contributed by atoms with Gasteiger partial charge in [0.25, 0.3) is 5.56 Å². The van der Waals surface area contributed by atoms with E-state index in [0.717, 1.165) is 4.57 Å². The van der Waals surface area contributed by atoms with Crippen LogP contribution in [0, 0.1) is 0 Å². The largest absolute Gasteiger partial charge is 0.480 e. The van der Waals surface area contributed by atoms with Gasteiger partial charge in [-0.25, -0.2) is 4.79 Å². The summed E-state index contributed by atoms with van der Waals surface area (Å²) < 4.78 is 25.3. The number of carbonyl (C=O) groups is 2. The Bertz CT molecular complexity index is 949. The van der Waals surface area contributed by atoms with Crippen LogP contribution in [0.4, 0.5) is 0 Å². The maximum Gasteiger partial charge on any atom is 0.332 e. The van der Waals surface area contributed by atoms with E-state index in [1.165, 1.54) is 6.20 Å². The molecule has 1 aromatic rings. The van der Waals surface area contributed by atoms with Crippen molar-refractivity contribution in [3.8, 4) is 0 Å². The summed E-state index contributed by atoms with van der Waals surface area (Å²) in [6.45, 7) is 10.2. The number of hydrogen-bond acceptors (Lipinski definition) is 7. The lowest BCUT2D eigenvalue weighted by molar-refractivity contribution is -0.137. The smallest absolute Gasteiger partial charge is 0.332 e. The number of aryl methyl sites for hydroxylation is 1. The normalized spacial score (nSPS) is 12.6. The number of aromatic amines is 1. The molecule has 12 heteroatoms. The Morgan fingerprint density at radius 3 is 2.19 bits per heavy atom. The molecule has 0 saturated heterocycles. The van der Waals surface area contributed by atoms with E-state index in [9.17, 15) is 23.7 Å². The summed E-state index contributed by atoms with van der Waals surface area (Å²) in [5, 5.41) is 11.5. The van der Waals surface area contributed by atoms with Gasteiger partial charge in [0, 0.05) is 24.7 Å². The van der Waals surface area contributed by atoms with Gasteiger partial charge in [-0.3, -0.25) is 28.5 Å². The van der Waals surface area contributed by atoms with E-state index in [1.54, 1.807) is 41.5 Å². The number of H-pyrrole nitrogens is 1. The minimum Gasteiger partial charge on any atom is -0.480 e. The number of hydrogen-bond donors (Lipinski definition) is 3. The molecule has 0 aliphatic carbocycles. The van der Waals surface area contributed by atoms with Gasteiger partial charge < -0.3 is 19.5 Å². The second kappa shape index (κ2) is 11.1. The number of rotatable bonds is 11. The van der Waals surface area contributed by atoms with Gasteiger partial charge in [-0.1, -0.05) is 0 Å². The first-order valence-electron chi connectivity index (χ1n) is 10.3. The predicted octanol–water partition coefficient (Wildman–Crippen LogP) is 1.88. The summed E-state index contributed by atoms with van der Waals surface area (Å²) in [5.74, 6) is -1.55. The van der Waals surface area contributed by atoms with E-state index in [2.05, 4.69) is 10.3 Å². The van der Waals surface area contributed by atoms with Crippen molar-refractivity contribution in [2.45, 2.75) is 78.6 Å². The summed E-state index contributed by atoms with van der Waals surface area (Å²) in [6.07, 6.45) is 1.69. The van der Waals surface area contributed by atoms with Gasteiger partial charge in [0.1, 0.15) is 6.54 Å². The number of nitrogens with one attached hydrogen (secondary N) is 2. The van der Waals surface area contributed by atoms with Crippen LogP contribution in [0.5, 0.6) is 0 Å². The summed E-state index contributed by atoms with van der Waals surface area (Å²) in [7, 11) is -3.52. The molecular formula is C20H34N3O8P. The maximum atomic E-state index is 13.1. The molecule has 0 aliphatic heterocycles. The average molecular weight is 475 g/mol. The van der Waals surface area contributed by atoms with Crippen LogP contribution < -0.4 is 16.6 Å². The van der Waals surface area contributed by atoms with Gasteiger partial charge in [0.05, 0.1) is 17.4 Å². The van der Waals surface area contributed by atoms with E-state index >= 15 is 0 Å². The topological polar surface area (TPSA) is 157 Å². The lowest BCUT2D eigenvalue weighted by Crippen LogP contribution is -2.34. The lowest BCUT2D eigenvalue weighted by Gasteiger charge is -2.32. The van der Waals surface area contributed by atoms with E-state index < -0.39 is 42.6 Å². The number of carbonyl (C=O) groups excluding carboxylic acids is 1. The zero-order valence-corrected chi connectivity index (χ0v) is 20.4. The Morgan fingerprint density at radius 1 is 1.12 bits per heavy atom. The molecule has 0 bridgehead atoms. The highest BCUT2D eigenvalue weighted by molar-refractivity contribution is 7.54. The first-order valence-corrected chi connectivity index (χ1v) is 12.0. The van der Waals surface area contributed by atoms with E-state index in [4.69, 9.17) is 14.2 Å². The van der Waals surface area contributed by atoms with Gasteiger partial charge in [-0.15, -0.1) is 0 Å². The molecule has 0 radical (unpaired) electrons. The van der Waals surface area contributed by atoms with Crippen molar-refractivity contribution >= 4 is 19.5 Å². The van der Waals surface area contributed by atoms with Crippen LogP contribution in [-0.4, -0.2) is 50.4 Å². The second-order valence-corrected chi connectivity index (χ2v) is 11.4. The highest BCUT2D eigenvalue weighted by Crippen LogP contribution is 2.54. The number of amides is 1. The van der Waals surface area contributed by atoms with Crippen molar-refractivity contribution in [2.24, 2.45) is 0 Å². The van der Waals surface area contributed by atoms with Gasteiger partial charge in [-0.05, 0) is 54.4 Å². The quantitative estimate of drug-likeness (QED) is 0.323. The third-order valence-electron chi connectivity index (χ3n) is 3.77. The number of carboxylic acid groups (broad SMARTS) is 1. The third kappa shape index (κ3) is 10.9. The maximum absolute atomic E-state index is 13.1. The van der Waals surface area contributed by atoms with Crippen molar-refractivity contribution in [3.05, 3.63) is 32.6 Å². The van der Waals surface area contributed by atoms with Crippen LogP contribution >= 0.6 is 7.60 Å². The van der Waals surface area contributed by atoms with E-state index in [1.807, 2.05) is 0 Å². The van der Waals surface area contributed by atoms with Crippen LogP contribution in [0.15, 0.2) is 15.8 Å². The first-order chi connectivity index (χ1) is 14.5. The van der Waals surface area contributed by atoms with Crippen LogP contribution in [0.25, 0.3) is 0 Å². The Labute approximate surface area is 187 Å². The molecule has 0 spiro atoms. The number of carboxylic acids is 1. The van der Waals surface area contributed by atoms with Crippen molar-refractivity contribution < 1.29 is 28.3 Å². The molecule has 0 atom stereocenters. The Balaban J connectivity index is 2.61. The summed E-state index contributed by atoms with van der Waals surface area (Å²) in [4.78, 5) is 48.6. The minimum atomic E-state index is -3.52. The summed E-state index contributed by atoms with van der Waals surface area (Å²) >= 11 is 0. The fourth-order valence-corrected chi connectivity index (χ4v) is 5.14. The minimum absolute atomic E-state index is 0.0620. The van der Waals surface area contributed by atoms with Crippen LogP contribution in [0.3, 0.4) is 0 Å². The summed E-state index contributed by atoms with van der Waals surface area (Å²) in [5.41, 5.74) is -2.57. The van der Waals surface area contributed by atoms with Crippen molar-refractivity contribution in [3.63, 3.8) is 0 Å². The lowest BCUT2D eigenvalue weighted by atomic mass is 10.2. The fraction of sp³-hybridized carbons (Fsp3) is 0.700. The van der Waals surface area contributed by atoms with Gasteiger partial charge in [0.2, 0.25) is 5.91 Å². The molecule has 11 nitrogen and oxygen atoms in total. The highest BCUT2D eigenvalue weighted by atomic mass is 31.2. The average Bonchev–Trinajstić information content (AvgIpc) is 2.56. The summed E-state index contributed by atoms with van der Waals surface area (Å²) in [6, 6.07) is 0. The first kappa shape index (κ1) is 27.8. The molecule has 0 unspecified atom stereocenters. The van der Waals surface area contributed by atoms with Crippen LogP contribution in [0.1, 0.15) is 59.9 Å². The molecule has 1 amide bonds. The fourth-order valence-electron chi connectivity index (χ4n) is 2.77. The number of aromatic nitrogens is 2. The third-order valence-corrected chi connectivity index (χ3v) is 6.20. The van der Waals surface area contributed by atoms with E-state index in [0.29, 0.717) is 6.42 Å². The monoisotopic (exact) mass is 475 g/mol. The van der Waals surface area contributed by atoms with Crippen molar-refractivity contribution in [2.75, 3.05) is 12.7 Å². The van der Waals surface area contributed by atoms with E-state index in [-0.39, 0.29) is 37.0 Å². The van der Waals surface area contributed by atoms with Crippen molar-refractivity contribution in [1.29, 1.82) is 0 Å². The van der Waals surface area contributed by atoms with Crippen LogP contribution in [0.2, 0.25) is 0 Å². The molecule has 0 aliphatic rings. The van der Waals surface area contributed by atoms with Crippen molar-refractivity contribution in [1.82, 2.24) is 14.9 Å². The number of aliphatic carboxylic acids is 1. The molecule has 0 fully saturated rings. The number of nitrogens with zero attached hydrogens (tertiary/aromatic N) is 1. The van der Waals surface area contributed by atoms with Gasteiger partial charge >= 0.3 is 19.3 Å². The molecule has 0 aromatic carbocycles. The Morgan fingerprint density at radius 2 is 1.69 bits per heavy atom. The molecule has 1 aromatic heterocycles. The molecule has 182 valence electrons. The predicted molar refractivity (Wildman–Crippen MR) is 119 cm³/mol. The molecule has 3 N–H and O–H groups in total. The zero-order valence-electron chi connectivity index (χ0n) is 19.5. The standard InChI is InChI=1S/C20H34N3O8P/c1-19(2,3)30-32(29,31-20(4,5)6)11-9-15(24)21-10-7-8-14-12-23(13-16(25)26)18(28)22-17(14)27/h12H,7-11,13H2,1-6H3,(H,21,24)(H,25,26)(H,22,27,28). The highest BCUT2D eigenvalue weighted by Gasteiger charge is 2.35. The zero-order chi connectivity index (χ0) is 24.7. The second-order valence-electron chi connectivity index (χ2n) is 9.38.